The zero-order valence-corrected chi connectivity index (χ0v) is 65.6. The number of anilines is 1. The third-order valence-electron chi connectivity index (χ3n) is 19.3. The van der Waals surface area contributed by atoms with Gasteiger partial charge in [0.15, 0.2) is 28.9 Å². The van der Waals surface area contributed by atoms with E-state index in [1.54, 1.807) is 36.5 Å². The molecule has 117 heavy (non-hydrogen) atoms. The van der Waals surface area contributed by atoms with Crippen molar-refractivity contribution in [2.75, 3.05) is 58.4 Å². The monoisotopic (exact) mass is 1640 g/mol. The predicted molar refractivity (Wildman–Crippen MR) is 418 cm³/mol. The van der Waals surface area contributed by atoms with E-state index in [-0.39, 0.29) is 70.3 Å². The lowest BCUT2D eigenvalue weighted by atomic mass is 9.86. The summed E-state index contributed by atoms with van der Waals surface area (Å²) in [6, 6.07) is -1.23. The lowest BCUT2D eigenvalue weighted by Crippen LogP contribution is -2.56. The lowest BCUT2D eigenvalue weighted by molar-refractivity contribution is -0.143. The highest BCUT2D eigenvalue weighted by Crippen LogP contribution is 2.25. The van der Waals surface area contributed by atoms with Crippen LogP contribution in [0.4, 0.5) is 5.69 Å². The molecule has 0 spiro atoms. The molecule has 1 aliphatic rings. The number of ketones is 5. The Hall–Kier alpha value is -11.9. The first-order chi connectivity index (χ1) is 55.3. The van der Waals surface area contributed by atoms with Crippen molar-refractivity contribution in [2.45, 2.75) is 199 Å². The summed E-state index contributed by atoms with van der Waals surface area (Å²) in [4.78, 5) is 277. The van der Waals surface area contributed by atoms with Crippen molar-refractivity contribution < 1.29 is 120 Å². The Kier molecular flexibility index (Phi) is 44.6. The maximum atomic E-state index is 15.2. The van der Waals surface area contributed by atoms with Gasteiger partial charge in [-0.2, -0.15) is 0 Å². The van der Waals surface area contributed by atoms with Gasteiger partial charge in [0.1, 0.15) is 43.4 Å². The van der Waals surface area contributed by atoms with Crippen molar-refractivity contribution in [3.63, 3.8) is 0 Å². The largest absolute Gasteiger partial charge is 0.481 e. The maximum Gasteiger partial charge on any atom is 0.304 e. The van der Waals surface area contributed by atoms with Crippen molar-refractivity contribution in [3.8, 4) is 0 Å². The number of nitrogens with one attached hydrogen (secondary N) is 12. The molecule has 39 heteroatoms. The molecule has 4 rings (SSSR count). The molecule has 1 aliphatic heterocycles. The van der Waals surface area contributed by atoms with Crippen LogP contribution in [-0.2, 0) is 112 Å². The van der Waals surface area contributed by atoms with Crippen LogP contribution < -0.4 is 70.0 Å². The van der Waals surface area contributed by atoms with Gasteiger partial charge < -0.3 is 99.4 Å². The highest BCUT2D eigenvalue weighted by molar-refractivity contribution is 6.06. The fourth-order valence-electron chi connectivity index (χ4n) is 12.8. The van der Waals surface area contributed by atoms with Gasteiger partial charge in [0, 0.05) is 86.3 Å². The fourth-order valence-corrected chi connectivity index (χ4v) is 12.8. The van der Waals surface area contributed by atoms with E-state index < -0.39 is 262 Å². The second kappa shape index (κ2) is 52.6. The topological polar surface area (TPSA) is 610 Å². The predicted octanol–water partition coefficient (Wildman–Crippen LogP) is -1.50. The zero-order chi connectivity index (χ0) is 86.0. The second-order valence-electron chi connectivity index (χ2n) is 28.4. The summed E-state index contributed by atoms with van der Waals surface area (Å²) < 4.78 is 14.5. The summed E-state index contributed by atoms with van der Waals surface area (Å²) in [5, 5.41) is 47.9. The molecular formula is C78H112N14O25. The Bertz CT molecular complexity index is 3950. The normalized spacial score (nSPS) is 21.0. The quantitative estimate of drug-likeness (QED) is 0.0133. The van der Waals surface area contributed by atoms with Crippen LogP contribution in [0.3, 0.4) is 0 Å². The van der Waals surface area contributed by atoms with Gasteiger partial charge >= 0.3 is 5.97 Å². The van der Waals surface area contributed by atoms with Crippen LogP contribution in [0.15, 0.2) is 54.7 Å². The SMILES string of the molecule is C.CCCCCCCCCC(=O)N[C@@H](Cc1c[nH]c2ccccc12)C(=O)N[C@H](CC(N)=O)C(=O)C[C@@H](CC(=O)O)C(=O)N[C@@H]1C(=O)NCC(=O)N[C@@H](CCCN)C(=O)C[C@@H](COC=O)C(=O)N[C@H](C)C(=O)N[C@@H](COC=O)C(=O)NCC(=O)N[C@H](CO)C(=O)C[C@@H](C(C)COC=O)C(=O)N[C@@H](CC(=O)c2ccccc2NC)C(=O)C[C@@H]1C. The van der Waals surface area contributed by atoms with Crippen LogP contribution in [0.25, 0.3) is 10.9 Å². The molecule has 3 aromatic rings. The molecule has 2 heterocycles. The fraction of sp³-hybridized carbons (Fsp3) is 0.564. The summed E-state index contributed by atoms with van der Waals surface area (Å²) in [7, 11) is 1.47. The first kappa shape index (κ1) is 99.3. The van der Waals surface area contributed by atoms with Gasteiger partial charge in [-0.3, -0.25) is 95.9 Å². The molecule has 0 radical (unpaired) electrons. The molecule has 2 aromatic carbocycles. The average Bonchev–Trinajstić information content (AvgIpc) is 1.75. The van der Waals surface area contributed by atoms with E-state index in [9.17, 15) is 101 Å². The Labute approximate surface area is 676 Å². The number of aromatic nitrogens is 1. The van der Waals surface area contributed by atoms with E-state index in [4.69, 9.17) is 25.7 Å². The van der Waals surface area contributed by atoms with E-state index in [1.165, 1.54) is 39.1 Å². The number of aliphatic carboxylic acids is 1. The number of rotatable bonds is 40. The Balaban J connectivity index is 0.0000354. The number of hydrogen-bond donors (Lipinski definition) is 16. The second-order valence-corrected chi connectivity index (χ2v) is 28.4. The summed E-state index contributed by atoms with van der Waals surface area (Å²) in [6.07, 6.45) is 0.564. The molecule has 644 valence electrons. The van der Waals surface area contributed by atoms with Crippen molar-refractivity contribution in [3.05, 3.63) is 65.9 Å². The van der Waals surface area contributed by atoms with Crippen molar-refractivity contribution >= 4 is 136 Å². The minimum Gasteiger partial charge on any atom is -0.481 e. The number of aromatic amines is 1. The number of H-pyrrole nitrogens is 1. The highest BCUT2D eigenvalue weighted by atomic mass is 16.5. The van der Waals surface area contributed by atoms with Crippen molar-refractivity contribution in [2.24, 2.45) is 41.1 Å². The number of carbonyl (C=O) groups excluding carboxylic acids is 19. The summed E-state index contributed by atoms with van der Waals surface area (Å²) in [5.74, 6) is -27.2. The number of aliphatic hydroxyl groups is 1. The molecule has 0 saturated carbocycles. The minimum absolute atomic E-state index is 0. The number of Topliss-reactive ketones (excluding diaryl/α,β-unsaturated/α-hetero) is 5. The number of unbranched alkanes of at least 4 members (excludes halogenated alkanes) is 6. The third kappa shape index (κ3) is 34.2. The number of carbonyl (C=O) groups is 20. The van der Waals surface area contributed by atoms with Crippen LogP contribution in [0.5, 0.6) is 0 Å². The number of fused-ring (bicyclic) bond motifs is 1. The number of aliphatic hydroxyl groups excluding tert-OH is 1. The number of para-hydroxylation sites is 2. The molecule has 1 saturated heterocycles. The molecular weight excluding hydrogens is 1530 g/mol. The van der Waals surface area contributed by atoms with Gasteiger partial charge in [0.25, 0.3) is 19.4 Å². The number of amides is 11. The first-order valence-corrected chi connectivity index (χ1v) is 38.2. The molecule has 1 aromatic heterocycles. The van der Waals surface area contributed by atoms with Crippen LogP contribution in [0.2, 0.25) is 0 Å². The van der Waals surface area contributed by atoms with Gasteiger partial charge in [0.05, 0.1) is 75.0 Å². The average molecular weight is 1650 g/mol. The van der Waals surface area contributed by atoms with E-state index in [0.29, 0.717) is 22.9 Å². The molecule has 11 amide bonds. The number of carboxylic acids is 1. The van der Waals surface area contributed by atoms with Crippen LogP contribution in [0, 0.1) is 29.6 Å². The molecule has 0 aliphatic carbocycles. The van der Waals surface area contributed by atoms with Gasteiger partial charge in [-0.25, -0.2) is 0 Å². The summed E-state index contributed by atoms with van der Waals surface area (Å²) >= 11 is 0. The lowest BCUT2D eigenvalue weighted by Gasteiger charge is -2.29. The molecule has 1 unspecified atom stereocenters. The number of primary amides is 1. The molecule has 0 bridgehead atoms. The van der Waals surface area contributed by atoms with Gasteiger partial charge in [-0.05, 0) is 62.4 Å². The number of carboxylic acid groups (broad SMARTS) is 1. The Morgan fingerprint density at radius 3 is 1.88 bits per heavy atom. The van der Waals surface area contributed by atoms with Gasteiger partial charge in [-0.15, -0.1) is 0 Å². The number of ether oxygens (including phenoxy) is 3. The Morgan fingerprint density at radius 1 is 0.632 bits per heavy atom. The third-order valence-corrected chi connectivity index (χ3v) is 19.3. The van der Waals surface area contributed by atoms with Gasteiger partial charge in [-0.1, -0.05) is 97.1 Å². The highest BCUT2D eigenvalue weighted by Gasteiger charge is 2.40. The number of hydrogen-bond acceptors (Lipinski definition) is 26. The standard InChI is InChI=1S/C77H108N14O25.CH4/c1-6-7-8-9-10-11-12-23-66(102)86-57(26-47-33-81-53-21-16-13-18-49(47)53)76(112)89-56(32-65(79)101)63(99)27-46(29-69(105)106)72(108)91-70-43(2)25-61(97)55(31-60(96)50-19-14-15-20-52(50)80-5)88-74(110)51(44(3)37-114-40-93)30-64(100)58(36-92)87-68(104)34-82-75(111)59(39-116-42-95)90-71(107)45(4)84-73(109)48(38-115-41-94)28-62(98)54(22-17-24-78)85-67(103)35-83-77(70)113;/h13-16,18-21,33,40-46,48,51,54-59,70,80-81,92H,6-12,17,22-32,34-39,78H2,1-5H3,(H2,79,101)(H,82,111)(H,83,113)(H,84,109)(H,85,103)(H,86,102)(H,87,104)(H,88,110)(H,89,112)(H,90,107)(H,91,108)(H,105,106);1H4/t43-,44?,45+,46-,48-,51-,54-,55-,56+,57-,58+,59-,70-;/m0./s1. The van der Waals surface area contributed by atoms with E-state index in [2.05, 4.69) is 70.4 Å². The maximum absolute atomic E-state index is 15.2. The zero-order valence-electron chi connectivity index (χ0n) is 65.6. The van der Waals surface area contributed by atoms with Crippen molar-refractivity contribution in [1.29, 1.82) is 0 Å². The Morgan fingerprint density at radius 2 is 1.24 bits per heavy atom. The number of nitrogens with two attached hydrogens (primary N) is 2. The van der Waals surface area contributed by atoms with Crippen LogP contribution >= 0.6 is 0 Å². The van der Waals surface area contributed by atoms with Crippen LogP contribution in [0.1, 0.15) is 160 Å². The number of benzene rings is 2. The minimum atomic E-state index is -2.11. The first-order valence-electron chi connectivity index (χ1n) is 38.2. The summed E-state index contributed by atoms with van der Waals surface area (Å²) in [6.45, 7) is -0.00713. The van der Waals surface area contributed by atoms with Crippen LogP contribution in [-0.4, -0.2) is 236 Å². The summed E-state index contributed by atoms with van der Waals surface area (Å²) in [5.41, 5.74) is 12.9. The molecule has 13 atom stereocenters. The van der Waals surface area contributed by atoms with E-state index in [1.807, 2.05) is 0 Å². The van der Waals surface area contributed by atoms with Gasteiger partial charge in [0.2, 0.25) is 65.0 Å². The molecule has 18 N–H and O–H groups in total. The molecule has 39 nitrogen and oxygen atoms in total. The molecule has 1 fully saturated rings. The van der Waals surface area contributed by atoms with Crippen molar-refractivity contribution in [1.82, 2.24) is 58.2 Å². The smallest absolute Gasteiger partial charge is 0.304 e. The van der Waals surface area contributed by atoms with E-state index in [0.717, 1.165) is 45.4 Å². The van der Waals surface area contributed by atoms with E-state index >= 15 is 4.79 Å².